The van der Waals surface area contributed by atoms with Crippen LogP contribution >= 0.6 is 11.6 Å². The second kappa shape index (κ2) is 5.49. The molecule has 0 fully saturated rings. The number of benzene rings is 1. The minimum absolute atomic E-state index is 0.156. The first-order valence-corrected chi connectivity index (χ1v) is 6.80. The molecule has 0 aromatic heterocycles. The monoisotopic (exact) mass is 247 g/mol. The van der Waals surface area contributed by atoms with Gasteiger partial charge in [-0.25, -0.2) is 13.6 Å². The average molecular weight is 248 g/mol. The van der Waals surface area contributed by atoms with Gasteiger partial charge in [-0.15, -0.1) is 11.6 Å². The number of alkyl halides is 1. The largest absolute Gasteiger partial charge is 0.238 e. The minimum atomic E-state index is -3.57. The Kier molecular flexibility index (Phi) is 4.57. The number of hydrogen-bond acceptors (Lipinski definition) is 2. The van der Waals surface area contributed by atoms with Gasteiger partial charge in [0.1, 0.15) is 0 Å². The number of primary sulfonamides is 1. The third-order valence-corrected chi connectivity index (χ3v) is 3.30. The Morgan fingerprint density at radius 1 is 1.13 bits per heavy atom. The van der Waals surface area contributed by atoms with Gasteiger partial charge in [0.25, 0.3) is 0 Å². The van der Waals surface area contributed by atoms with Gasteiger partial charge in [0.15, 0.2) is 0 Å². The number of aryl methyl sites for hydroxylation is 1. The van der Waals surface area contributed by atoms with E-state index in [1.54, 1.807) is 12.1 Å². The van der Waals surface area contributed by atoms with Crippen LogP contribution in [0.5, 0.6) is 0 Å². The second-order valence-electron chi connectivity index (χ2n) is 3.34. The summed E-state index contributed by atoms with van der Waals surface area (Å²) in [4.78, 5) is 0.156. The van der Waals surface area contributed by atoms with Crippen LogP contribution in [0.25, 0.3) is 0 Å². The van der Waals surface area contributed by atoms with Crippen LogP contribution in [-0.4, -0.2) is 14.3 Å². The molecule has 0 aliphatic heterocycles. The molecule has 5 heteroatoms. The summed E-state index contributed by atoms with van der Waals surface area (Å²) in [6, 6.07) is 6.64. The van der Waals surface area contributed by atoms with Gasteiger partial charge in [-0.1, -0.05) is 12.1 Å². The Hall–Kier alpha value is -0.580. The van der Waals surface area contributed by atoms with Crippen LogP contribution in [-0.2, 0) is 16.4 Å². The summed E-state index contributed by atoms with van der Waals surface area (Å²) >= 11 is 5.56. The first-order valence-electron chi connectivity index (χ1n) is 4.72. The number of rotatable bonds is 5. The number of hydrogen-bond donors (Lipinski definition) is 1. The zero-order chi connectivity index (χ0) is 11.3. The second-order valence-corrected chi connectivity index (χ2v) is 5.27. The third-order valence-electron chi connectivity index (χ3n) is 2.10. The van der Waals surface area contributed by atoms with Crippen molar-refractivity contribution in [3.8, 4) is 0 Å². The predicted molar refractivity (Wildman–Crippen MR) is 61.5 cm³/mol. The summed E-state index contributed by atoms with van der Waals surface area (Å²) in [6.07, 6.45) is 2.90. The molecule has 0 aliphatic rings. The molecule has 0 spiro atoms. The maximum atomic E-state index is 11.0. The van der Waals surface area contributed by atoms with Crippen molar-refractivity contribution in [1.29, 1.82) is 0 Å². The van der Waals surface area contributed by atoms with Crippen molar-refractivity contribution in [2.24, 2.45) is 5.14 Å². The van der Waals surface area contributed by atoms with Crippen molar-refractivity contribution >= 4 is 21.6 Å². The Morgan fingerprint density at radius 3 is 2.20 bits per heavy atom. The van der Waals surface area contributed by atoms with Crippen LogP contribution in [0.3, 0.4) is 0 Å². The molecule has 0 heterocycles. The Morgan fingerprint density at radius 2 is 1.73 bits per heavy atom. The lowest BCUT2D eigenvalue weighted by Gasteiger charge is -2.02. The van der Waals surface area contributed by atoms with E-state index in [-0.39, 0.29) is 4.90 Å². The van der Waals surface area contributed by atoms with Gasteiger partial charge in [0.05, 0.1) is 4.90 Å². The van der Waals surface area contributed by atoms with Gasteiger partial charge >= 0.3 is 0 Å². The predicted octanol–water partition coefficient (Wildman–Crippen LogP) is 1.90. The SMILES string of the molecule is NS(=O)(=O)c1ccc(CCCCCl)cc1. The summed E-state index contributed by atoms with van der Waals surface area (Å²) in [5, 5.41) is 4.98. The van der Waals surface area contributed by atoms with Gasteiger partial charge in [-0.3, -0.25) is 0 Å². The fourth-order valence-corrected chi connectivity index (χ4v) is 1.97. The lowest BCUT2D eigenvalue weighted by atomic mass is 10.1. The van der Waals surface area contributed by atoms with E-state index in [9.17, 15) is 8.42 Å². The highest BCUT2D eigenvalue weighted by molar-refractivity contribution is 7.89. The molecular weight excluding hydrogens is 234 g/mol. The lowest BCUT2D eigenvalue weighted by Crippen LogP contribution is -2.11. The molecule has 1 rings (SSSR count). The first kappa shape index (κ1) is 12.5. The van der Waals surface area contributed by atoms with Crippen LogP contribution in [0.1, 0.15) is 18.4 Å². The number of halogens is 1. The van der Waals surface area contributed by atoms with Crippen LogP contribution in [0.4, 0.5) is 0 Å². The van der Waals surface area contributed by atoms with E-state index in [0.29, 0.717) is 5.88 Å². The van der Waals surface area contributed by atoms with E-state index in [1.165, 1.54) is 12.1 Å². The number of sulfonamides is 1. The van der Waals surface area contributed by atoms with Gasteiger partial charge in [0.2, 0.25) is 10.0 Å². The van der Waals surface area contributed by atoms with Crippen molar-refractivity contribution in [3.05, 3.63) is 29.8 Å². The van der Waals surface area contributed by atoms with Crippen LogP contribution in [0.15, 0.2) is 29.2 Å². The molecule has 3 nitrogen and oxygen atoms in total. The Labute approximate surface area is 95.3 Å². The molecule has 0 bridgehead atoms. The maximum Gasteiger partial charge on any atom is 0.238 e. The lowest BCUT2D eigenvalue weighted by molar-refractivity contribution is 0.597. The van der Waals surface area contributed by atoms with E-state index in [4.69, 9.17) is 16.7 Å². The molecule has 0 radical (unpaired) electrons. The summed E-state index contributed by atoms with van der Waals surface area (Å²) in [5.41, 5.74) is 1.10. The van der Waals surface area contributed by atoms with Gasteiger partial charge < -0.3 is 0 Å². The third kappa shape index (κ3) is 4.20. The van der Waals surface area contributed by atoms with Crippen molar-refractivity contribution in [3.63, 3.8) is 0 Å². The molecule has 2 N–H and O–H groups in total. The smallest absolute Gasteiger partial charge is 0.225 e. The molecule has 0 aliphatic carbocycles. The quantitative estimate of drug-likeness (QED) is 0.638. The average Bonchev–Trinajstić information content (AvgIpc) is 2.18. The number of nitrogens with two attached hydrogens (primary N) is 1. The van der Waals surface area contributed by atoms with Gasteiger partial charge in [-0.05, 0) is 37.0 Å². The summed E-state index contributed by atoms with van der Waals surface area (Å²) in [7, 11) is -3.57. The standard InChI is InChI=1S/C10H14ClNO2S/c11-8-2-1-3-9-4-6-10(7-5-9)15(12,13)14/h4-7H,1-3,8H2,(H2,12,13,14). The van der Waals surface area contributed by atoms with Crippen molar-refractivity contribution in [1.82, 2.24) is 0 Å². The zero-order valence-electron chi connectivity index (χ0n) is 8.32. The van der Waals surface area contributed by atoms with Crippen molar-refractivity contribution in [2.75, 3.05) is 5.88 Å². The highest BCUT2D eigenvalue weighted by Crippen LogP contribution is 2.11. The van der Waals surface area contributed by atoms with E-state index >= 15 is 0 Å². The molecule has 0 atom stereocenters. The van der Waals surface area contributed by atoms with E-state index in [0.717, 1.165) is 24.8 Å². The van der Waals surface area contributed by atoms with E-state index in [2.05, 4.69) is 0 Å². The van der Waals surface area contributed by atoms with Crippen molar-refractivity contribution in [2.45, 2.75) is 24.2 Å². The number of unbranched alkanes of at least 4 members (excludes halogenated alkanes) is 1. The molecule has 15 heavy (non-hydrogen) atoms. The molecule has 0 saturated carbocycles. The Bertz CT molecular complexity index is 400. The van der Waals surface area contributed by atoms with Crippen molar-refractivity contribution < 1.29 is 8.42 Å². The van der Waals surface area contributed by atoms with Crippen LogP contribution in [0, 0.1) is 0 Å². The minimum Gasteiger partial charge on any atom is -0.225 e. The topological polar surface area (TPSA) is 60.2 Å². The fraction of sp³-hybridized carbons (Fsp3) is 0.400. The molecule has 84 valence electrons. The highest BCUT2D eigenvalue weighted by Gasteiger charge is 2.06. The van der Waals surface area contributed by atoms with E-state index in [1.807, 2.05) is 0 Å². The molecule has 0 saturated heterocycles. The fourth-order valence-electron chi connectivity index (χ4n) is 1.27. The first-order chi connectivity index (χ1) is 7.04. The van der Waals surface area contributed by atoms with Gasteiger partial charge in [0, 0.05) is 5.88 Å². The molecule has 1 aromatic rings. The maximum absolute atomic E-state index is 11.0. The highest BCUT2D eigenvalue weighted by atomic mass is 35.5. The summed E-state index contributed by atoms with van der Waals surface area (Å²) < 4.78 is 21.9. The normalized spacial score (nSPS) is 11.6. The molecular formula is C10H14ClNO2S. The Balaban J connectivity index is 2.65. The van der Waals surface area contributed by atoms with Crippen LogP contribution < -0.4 is 5.14 Å². The van der Waals surface area contributed by atoms with Crippen LogP contribution in [0.2, 0.25) is 0 Å². The summed E-state index contributed by atoms with van der Waals surface area (Å²) in [5.74, 6) is 0.662. The van der Waals surface area contributed by atoms with Gasteiger partial charge in [-0.2, -0.15) is 0 Å². The van der Waals surface area contributed by atoms with E-state index < -0.39 is 10.0 Å². The zero-order valence-corrected chi connectivity index (χ0v) is 9.89. The molecule has 0 amide bonds. The summed E-state index contributed by atoms with van der Waals surface area (Å²) in [6.45, 7) is 0. The molecule has 0 unspecified atom stereocenters. The molecule has 1 aromatic carbocycles.